The molecule has 0 aliphatic rings. The molecule has 0 aliphatic carbocycles. The van der Waals surface area contributed by atoms with E-state index in [1.54, 1.807) is 54.6 Å². The summed E-state index contributed by atoms with van der Waals surface area (Å²) in [4.78, 5) is 24.2. The third kappa shape index (κ3) is 4.28. The van der Waals surface area contributed by atoms with Crippen LogP contribution in [0.3, 0.4) is 0 Å². The summed E-state index contributed by atoms with van der Waals surface area (Å²) in [5.41, 5.74) is 1.09. The maximum absolute atomic E-state index is 12.2. The molecule has 1 atom stereocenters. The molecule has 5 heteroatoms. The Labute approximate surface area is 140 Å². The van der Waals surface area contributed by atoms with Crippen molar-refractivity contribution in [3.8, 4) is 12.1 Å². The van der Waals surface area contributed by atoms with Crippen LogP contribution in [0.2, 0.25) is 0 Å². The Morgan fingerprint density at radius 2 is 1.46 bits per heavy atom. The van der Waals surface area contributed by atoms with Gasteiger partial charge in [-0.05, 0) is 17.7 Å². The number of nitrogens with zero attached hydrogens (tertiary/aromatic N) is 2. The summed E-state index contributed by atoms with van der Waals surface area (Å²) in [6, 6.07) is 21.1. The molecule has 2 aromatic carbocycles. The third-order valence-electron chi connectivity index (χ3n) is 3.60. The lowest BCUT2D eigenvalue weighted by atomic mass is 9.85. The van der Waals surface area contributed by atoms with Gasteiger partial charge in [0.05, 0.1) is 12.1 Å². The van der Waals surface area contributed by atoms with E-state index in [2.05, 4.69) is 5.32 Å². The largest absolute Gasteiger partial charge is 0.292 e. The quantitative estimate of drug-likeness (QED) is 0.917. The molecule has 0 heterocycles. The molecule has 0 aromatic heterocycles. The molecule has 0 aliphatic heterocycles. The second-order valence-corrected chi connectivity index (χ2v) is 5.20. The van der Waals surface area contributed by atoms with Crippen molar-refractivity contribution < 1.29 is 9.59 Å². The van der Waals surface area contributed by atoms with E-state index < -0.39 is 23.7 Å². The summed E-state index contributed by atoms with van der Waals surface area (Å²) in [7, 11) is 0. The number of benzene rings is 2. The maximum Gasteiger partial charge on any atom is 0.257 e. The average Bonchev–Trinajstić information content (AvgIpc) is 2.63. The SMILES string of the molecule is N#CC(C#N)[C@@H](CC(=O)NC(=O)c1ccccc1)c1ccccc1. The minimum Gasteiger partial charge on any atom is -0.292 e. The molecule has 5 nitrogen and oxygen atoms in total. The minimum atomic E-state index is -0.968. The molecule has 118 valence electrons. The number of imide groups is 1. The molecule has 2 amide bonds. The van der Waals surface area contributed by atoms with E-state index in [0.29, 0.717) is 11.1 Å². The van der Waals surface area contributed by atoms with Gasteiger partial charge in [0.2, 0.25) is 5.91 Å². The highest BCUT2D eigenvalue weighted by molar-refractivity contribution is 6.04. The van der Waals surface area contributed by atoms with Crippen molar-refractivity contribution in [1.29, 1.82) is 10.5 Å². The summed E-state index contributed by atoms with van der Waals surface area (Å²) in [5, 5.41) is 20.6. The topological polar surface area (TPSA) is 93.8 Å². The maximum atomic E-state index is 12.2. The highest BCUT2D eigenvalue weighted by atomic mass is 16.2. The second-order valence-electron chi connectivity index (χ2n) is 5.20. The lowest BCUT2D eigenvalue weighted by Crippen LogP contribution is -2.32. The molecule has 1 N–H and O–H groups in total. The van der Waals surface area contributed by atoms with Crippen LogP contribution in [0.5, 0.6) is 0 Å². The van der Waals surface area contributed by atoms with Crippen LogP contribution < -0.4 is 5.32 Å². The number of rotatable bonds is 5. The van der Waals surface area contributed by atoms with Crippen LogP contribution in [0.25, 0.3) is 0 Å². The van der Waals surface area contributed by atoms with E-state index >= 15 is 0 Å². The zero-order chi connectivity index (χ0) is 17.4. The van der Waals surface area contributed by atoms with Gasteiger partial charge < -0.3 is 0 Å². The number of carbonyl (C=O) groups is 2. The third-order valence-corrected chi connectivity index (χ3v) is 3.60. The standard InChI is InChI=1S/C19H15N3O2/c20-12-16(13-21)17(14-7-3-1-4-8-14)11-18(23)22-19(24)15-9-5-2-6-10-15/h1-10,16-17H,11H2,(H,22,23,24)/t17-/m0/s1. The Hall–Kier alpha value is -3.44. The van der Waals surface area contributed by atoms with E-state index in [0.717, 1.165) is 0 Å². The predicted octanol–water partition coefficient (Wildman–Crippen LogP) is 2.78. The fraction of sp³-hybridized carbons (Fsp3) is 0.158. The number of hydrogen-bond donors (Lipinski definition) is 1. The van der Waals surface area contributed by atoms with Gasteiger partial charge in [-0.3, -0.25) is 14.9 Å². The van der Waals surface area contributed by atoms with Gasteiger partial charge in [-0.2, -0.15) is 10.5 Å². The van der Waals surface area contributed by atoms with Crippen LogP contribution in [0.4, 0.5) is 0 Å². The smallest absolute Gasteiger partial charge is 0.257 e. The first-order valence-electron chi connectivity index (χ1n) is 7.39. The van der Waals surface area contributed by atoms with Gasteiger partial charge in [0.1, 0.15) is 5.92 Å². The Kier molecular flexibility index (Phi) is 5.82. The molecule has 24 heavy (non-hydrogen) atoms. The first-order chi connectivity index (χ1) is 11.7. The van der Waals surface area contributed by atoms with Crippen LogP contribution in [0, 0.1) is 28.6 Å². The van der Waals surface area contributed by atoms with Crippen molar-refractivity contribution in [2.24, 2.45) is 5.92 Å². The minimum absolute atomic E-state index is 0.117. The van der Waals surface area contributed by atoms with Crippen LogP contribution in [0.1, 0.15) is 28.3 Å². The summed E-state index contributed by atoms with van der Waals surface area (Å²) in [6.45, 7) is 0. The van der Waals surface area contributed by atoms with Crippen molar-refractivity contribution in [2.45, 2.75) is 12.3 Å². The highest BCUT2D eigenvalue weighted by Crippen LogP contribution is 2.27. The summed E-state index contributed by atoms with van der Waals surface area (Å²) in [6.07, 6.45) is -0.117. The zero-order valence-electron chi connectivity index (χ0n) is 12.8. The van der Waals surface area contributed by atoms with Crippen molar-refractivity contribution in [1.82, 2.24) is 5.32 Å². The van der Waals surface area contributed by atoms with Gasteiger partial charge in [0.15, 0.2) is 0 Å². The molecular weight excluding hydrogens is 302 g/mol. The summed E-state index contributed by atoms with van der Waals surface area (Å²) < 4.78 is 0. The van der Waals surface area contributed by atoms with Crippen LogP contribution >= 0.6 is 0 Å². The molecular formula is C19H15N3O2. The van der Waals surface area contributed by atoms with E-state index in [1.807, 2.05) is 18.2 Å². The number of nitriles is 2. The van der Waals surface area contributed by atoms with Gasteiger partial charge in [-0.1, -0.05) is 48.5 Å². The van der Waals surface area contributed by atoms with Gasteiger partial charge >= 0.3 is 0 Å². The molecule has 2 rings (SSSR count). The first-order valence-corrected chi connectivity index (χ1v) is 7.39. The lowest BCUT2D eigenvalue weighted by molar-refractivity contribution is -0.120. The molecule has 2 aromatic rings. The van der Waals surface area contributed by atoms with Crippen LogP contribution in [-0.4, -0.2) is 11.8 Å². The van der Waals surface area contributed by atoms with Crippen molar-refractivity contribution in [3.63, 3.8) is 0 Å². The Balaban J connectivity index is 2.12. The number of hydrogen-bond acceptors (Lipinski definition) is 4. The average molecular weight is 317 g/mol. The normalized spacial score (nSPS) is 11.1. The second kappa shape index (κ2) is 8.26. The van der Waals surface area contributed by atoms with Crippen LogP contribution in [0.15, 0.2) is 60.7 Å². The lowest BCUT2D eigenvalue weighted by Gasteiger charge is -2.17. The Morgan fingerprint density at radius 1 is 0.917 bits per heavy atom. The fourth-order valence-corrected chi connectivity index (χ4v) is 2.38. The molecule has 0 radical (unpaired) electrons. The molecule has 0 bridgehead atoms. The Morgan fingerprint density at radius 3 is 2.00 bits per heavy atom. The summed E-state index contributed by atoms with van der Waals surface area (Å²) in [5.74, 6) is -2.58. The van der Waals surface area contributed by atoms with Gasteiger partial charge in [-0.15, -0.1) is 0 Å². The van der Waals surface area contributed by atoms with Gasteiger partial charge in [-0.25, -0.2) is 0 Å². The zero-order valence-corrected chi connectivity index (χ0v) is 12.8. The van der Waals surface area contributed by atoms with Gasteiger partial charge in [0.25, 0.3) is 5.91 Å². The predicted molar refractivity (Wildman–Crippen MR) is 87.4 cm³/mol. The van der Waals surface area contributed by atoms with E-state index in [4.69, 9.17) is 10.5 Å². The van der Waals surface area contributed by atoms with Gasteiger partial charge in [0, 0.05) is 17.9 Å². The summed E-state index contributed by atoms with van der Waals surface area (Å²) >= 11 is 0. The van der Waals surface area contributed by atoms with Crippen LogP contribution in [-0.2, 0) is 4.79 Å². The van der Waals surface area contributed by atoms with E-state index in [1.165, 1.54) is 0 Å². The monoisotopic (exact) mass is 317 g/mol. The number of carbonyl (C=O) groups excluding carboxylic acids is 2. The molecule has 0 saturated carbocycles. The van der Waals surface area contributed by atoms with Crippen molar-refractivity contribution in [3.05, 3.63) is 71.8 Å². The van der Waals surface area contributed by atoms with E-state index in [9.17, 15) is 9.59 Å². The highest BCUT2D eigenvalue weighted by Gasteiger charge is 2.26. The number of nitrogens with one attached hydrogen (secondary N) is 1. The molecule has 0 saturated heterocycles. The fourth-order valence-electron chi connectivity index (χ4n) is 2.38. The first kappa shape index (κ1) is 16.9. The molecule has 0 unspecified atom stereocenters. The van der Waals surface area contributed by atoms with Crippen molar-refractivity contribution in [2.75, 3.05) is 0 Å². The molecule has 0 spiro atoms. The van der Waals surface area contributed by atoms with E-state index in [-0.39, 0.29) is 6.42 Å². The molecule has 0 fully saturated rings. The Bertz CT molecular complexity index is 775. The number of amides is 2. The van der Waals surface area contributed by atoms with Crippen molar-refractivity contribution >= 4 is 11.8 Å².